The fourth-order valence-electron chi connectivity index (χ4n) is 5.57. The van der Waals surface area contributed by atoms with E-state index in [1.165, 1.54) is 11.1 Å². The van der Waals surface area contributed by atoms with Crippen molar-refractivity contribution in [2.24, 2.45) is 11.8 Å². The number of nitriles is 1. The molecule has 4 nitrogen and oxygen atoms in total. The Bertz CT molecular complexity index is 1220. The van der Waals surface area contributed by atoms with Gasteiger partial charge in [-0.1, -0.05) is 80.6 Å². The van der Waals surface area contributed by atoms with E-state index in [1.54, 1.807) is 0 Å². The molecule has 4 heteroatoms. The predicted octanol–water partition coefficient (Wildman–Crippen LogP) is 5.09. The first-order valence-corrected chi connectivity index (χ1v) is 10.9. The van der Waals surface area contributed by atoms with Crippen LogP contribution in [0.3, 0.4) is 0 Å². The van der Waals surface area contributed by atoms with E-state index in [4.69, 9.17) is 5.10 Å². The largest absolute Gasteiger partial charge is 0.293 e. The standard InChI is InChI=1S/C27H25N3O/c1-18-23-14-13-22-24(20-11-7-4-8-12-20)30(17-19-9-5-3-6-10-19)29-26(22)27(23,2)15-21(16-28)25(18)31/h3-12,15,18,23H,13-14,17H2,1-2H3/t18-,23-,27-/m1/s1. The maximum absolute atomic E-state index is 12.7. The lowest BCUT2D eigenvalue weighted by Crippen LogP contribution is -2.45. The van der Waals surface area contributed by atoms with E-state index < -0.39 is 5.41 Å². The van der Waals surface area contributed by atoms with E-state index in [2.05, 4.69) is 66.2 Å². The molecule has 2 aliphatic rings. The molecule has 0 fully saturated rings. The lowest BCUT2D eigenvalue weighted by Gasteiger charge is -2.44. The van der Waals surface area contributed by atoms with Crippen molar-refractivity contribution in [1.29, 1.82) is 5.26 Å². The average molecular weight is 408 g/mol. The molecular formula is C27H25N3O. The monoisotopic (exact) mass is 407 g/mol. The molecule has 3 atom stereocenters. The number of aromatic nitrogens is 2. The number of hydrogen-bond acceptors (Lipinski definition) is 3. The molecule has 0 saturated carbocycles. The first kappa shape index (κ1) is 19.5. The highest BCUT2D eigenvalue weighted by molar-refractivity contribution is 6.02. The minimum absolute atomic E-state index is 0.0274. The summed E-state index contributed by atoms with van der Waals surface area (Å²) in [6.45, 7) is 4.81. The summed E-state index contributed by atoms with van der Waals surface area (Å²) in [4.78, 5) is 12.7. The highest BCUT2D eigenvalue weighted by Crippen LogP contribution is 2.51. The van der Waals surface area contributed by atoms with Gasteiger partial charge in [-0.05, 0) is 24.3 Å². The van der Waals surface area contributed by atoms with E-state index >= 15 is 0 Å². The summed E-state index contributed by atoms with van der Waals surface area (Å²) in [6.07, 6.45) is 3.71. The Balaban J connectivity index is 1.72. The maximum atomic E-state index is 12.7. The van der Waals surface area contributed by atoms with Crippen LogP contribution in [0.1, 0.15) is 37.1 Å². The lowest BCUT2D eigenvalue weighted by molar-refractivity contribution is -0.121. The van der Waals surface area contributed by atoms with E-state index in [-0.39, 0.29) is 23.2 Å². The first-order chi connectivity index (χ1) is 15.0. The minimum Gasteiger partial charge on any atom is -0.293 e. The number of carbonyl (C=O) groups is 1. The molecule has 1 aromatic heterocycles. The molecule has 0 aliphatic heterocycles. The van der Waals surface area contributed by atoms with Crippen LogP contribution in [0.2, 0.25) is 0 Å². The van der Waals surface area contributed by atoms with Crippen molar-refractivity contribution in [2.75, 3.05) is 0 Å². The molecule has 0 N–H and O–H groups in total. The number of nitrogens with zero attached hydrogens (tertiary/aromatic N) is 3. The van der Waals surface area contributed by atoms with Crippen LogP contribution in [0.15, 0.2) is 72.3 Å². The van der Waals surface area contributed by atoms with Crippen LogP contribution in [0, 0.1) is 23.2 Å². The Morgan fingerprint density at radius 3 is 2.48 bits per heavy atom. The molecular weight excluding hydrogens is 382 g/mol. The van der Waals surface area contributed by atoms with Gasteiger partial charge in [-0.2, -0.15) is 10.4 Å². The van der Waals surface area contributed by atoms with E-state index in [0.29, 0.717) is 6.54 Å². The second kappa shape index (κ2) is 7.35. The van der Waals surface area contributed by atoms with Crippen molar-refractivity contribution in [3.05, 3.63) is 89.1 Å². The smallest absolute Gasteiger partial charge is 0.176 e. The summed E-state index contributed by atoms with van der Waals surface area (Å²) in [7, 11) is 0. The predicted molar refractivity (Wildman–Crippen MR) is 120 cm³/mol. The summed E-state index contributed by atoms with van der Waals surface area (Å²) < 4.78 is 2.12. The summed E-state index contributed by atoms with van der Waals surface area (Å²) in [5.41, 5.74) is 5.62. The molecule has 0 amide bonds. The molecule has 3 aromatic rings. The molecule has 31 heavy (non-hydrogen) atoms. The van der Waals surface area contributed by atoms with Crippen LogP contribution in [-0.4, -0.2) is 15.6 Å². The molecule has 0 radical (unpaired) electrons. The molecule has 5 rings (SSSR count). The number of ketones is 1. The molecule has 0 spiro atoms. The Morgan fingerprint density at radius 2 is 1.81 bits per heavy atom. The molecule has 0 bridgehead atoms. The zero-order chi connectivity index (χ0) is 21.6. The number of Topliss-reactive ketones (excluding diaryl/α,β-unsaturated/α-hetero) is 1. The van der Waals surface area contributed by atoms with Crippen LogP contribution in [-0.2, 0) is 23.2 Å². The van der Waals surface area contributed by atoms with Gasteiger partial charge in [0.2, 0.25) is 0 Å². The molecule has 2 aromatic carbocycles. The second-order valence-electron chi connectivity index (χ2n) is 8.94. The Labute approximate surface area is 182 Å². The number of rotatable bonds is 3. The van der Waals surface area contributed by atoms with Gasteiger partial charge in [-0.25, -0.2) is 0 Å². The fraction of sp³-hybridized carbons (Fsp3) is 0.296. The fourth-order valence-corrected chi connectivity index (χ4v) is 5.57. The zero-order valence-corrected chi connectivity index (χ0v) is 17.9. The third-order valence-corrected chi connectivity index (χ3v) is 7.11. The zero-order valence-electron chi connectivity index (χ0n) is 17.9. The van der Waals surface area contributed by atoms with Crippen molar-refractivity contribution in [2.45, 2.75) is 38.6 Å². The maximum Gasteiger partial charge on any atom is 0.176 e. The highest BCUT2D eigenvalue weighted by Gasteiger charge is 2.50. The van der Waals surface area contributed by atoms with Gasteiger partial charge in [0.05, 0.1) is 23.5 Å². The lowest BCUT2D eigenvalue weighted by atomic mass is 9.58. The van der Waals surface area contributed by atoms with Gasteiger partial charge in [-0.3, -0.25) is 9.48 Å². The number of carbonyl (C=O) groups excluding carboxylic acids is 1. The van der Waals surface area contributed by atoms with Crippen molar-refractivity contribution in [3.8, 4) is 17.3 Å². The van der Waals surface area contributed by atoms with Gasteiger partial charge in [0.15, 0.2) is 5.78 Å². The van der Waals surface area contributed by atoms with Crippen LogP contribution in [0.25, 0.3) is 11.3 Å². The van der Waals surface area contributed by atoms with Gasteiger partial charge in [0, 0.05) is 22.5 Å². The van der Waals surface area contributed by atoms with Gasteiger partial charge in [-0.15, -0.1) is 0 Å². The van der Waals surface area contributed by atoms with E-state index in [1.807, 2.05) is 25.1 Å². The third-order valence-electron chi connectivity index (χ3n) is 7.11. The van der Waals surface area contributed by atoms with E-state index in [0.717, 1.165) is 29.8 Å². The number of benzene rings is 2. The van der Waals surface area contributed by atoms with Crippen molar-refractivity contribution < 1.29 is 4.79 Å². The number of allylic oxidation sites excluding steroid dienone is 2. The summed E-state index contributed by atoms with van der Waals surface area (Å²) in [5.74, 6) is -0.0361. The third kappa shape index (κ3) is 3.04. The number of hydrogen-bond donors (Lipinski definition) is 0. The summed E-state index contributed by atoms with van der Waals surface area (Å²) in [5, 5.41) is 14.8. The molecule has 0 unspecified atom stereocenters. The van der Waals surface area contributed by atoms with Crippen molar-refractivity contribution in [1.82, 2.24) is 9.78 Å². The second-order valence-corrected chi connectivity index (χ2v) is 8.94. The highest BCUT2D eigenvalue weighted by atomic mass is 16.1. The quantitative estimate of drug-likeness (QED) is 0.608. The molecule has 0 saturated heterocycles. The number of fused-ring (bicyclic) bond motifs is 3. The van der Waals surface area contributed by atoms with Crippen molar-refractivity contribution >= 4 is 5.78 Å². The van der Waals surface area contributed by atoms with Gasteiger partial charge < -0.3 is 0 Å². The van der Waals surface area contributed by atoms with Gasteiger partial charge in [0.1, 0.15) is 6.07 Å². The van der Waals surface area contributed by atoms with E-state index in [9.17, 15) is 10.1 Å². The normalized spacial score (nSPS) is 24.7. The Hall–Kier alpha value is -3.45. The molecule has 2 aliphatic carbocycles. The van der Waals surface area contributed by atoms with Gasteiger partial charge in [0.25, 0.3) is 0 Å². The van der Waals surface area contributed by atoms with Crippen LogP contribution < -0.4 is 0 Å². The SMILES string of the molecule is C[C@H]1C(=O)C(C#N)=C[C@@]2(C)c3nn(Cc4ccccc4)c(-c4ccccc4)c3CC[C@H]12. The topological polar surface area (TPSA) is 58.7 Å². The van der Waals surface area contributed by atoms with Crippen LogP contribution in [0.5, 0.6) is 0 Å². The molecule has 1 heterocycles. The summed E-state index contributed by atoms with van der Waals surface area (Å²) in [6, 6.07) is 22.9. The first-order valence-electron chi connectivity index (χ1n) is 10.9. The Morgan fingerprint density at radius 1 is 1.13 bits per heavy atom. The summed E-state index contributed by atoms with van der Waals surface area (Å²) >= 11 is 0. The van der Waals surface area contributed by atoms with Crippen molar-refractivity contribution in [3.63, 3.8) is 0 Å². The van der Waals surface area contributed by atoms with Crippen LogP contribution >= 0.6 is 0 Å². The minimum atomic E-state index is -0.419. The van der Waals surface area contributed by atoms with Crippen LogP contribution in [0.4, 0.5) is 0 Å². The van der Waals surface area contributed by atoms with Gasteiger partial charge >= 0.3 is 0 Å². The Kier molecular flexibility index (Phi) is 4.63. The average Bonchev–Trinajstić information content (AvgIpc) is 3.17. The molecule has 154 valence electrons.